The molecule has 7 heteroatoms. The second kappa shape index (κ2) is 6.11. The molecule has 1 N–H and O–H groups in total. The fourth-order valence-electron chi connectivity index (χ4n) is 2.49. The second-order valence-electron chi connectivity index (χ2n) is 4.78. The molecule has 1 heterocycles. The number of methoxy groups -OCH3 is 1. The highest BCUT2D eigenvalue weighted by atomic mass is 79.9. The molecule has 1 aliphatic rings. The van der Waals surface area contributed by atoms with Gasteiger partial charge in [-0.25, -0.2) is 8.42 Å². The van der Waals surface area contributed by atoms with Crippen molar-refractivity contribution in [3.63, 3.8) is 0 Å². The van der Waals surface area contributed by atoms with Crippen LogP contribution in [0.25, 0.3) is 0 Å². The Hall–Kier alpha value is -0.470. The summed E-state index contributed by atoms with van der Waals surface area (Å²) in [5.41, 5.74) is -1.01. The van der Waals surface area contributed by atoms with Gasteiger partial charge >= 0.3 is 0 Å². The molecule has 0 saturated carbocycles. The van der Waals surface area contributed by atoms with Crippen LogP contribution in [-0.2, 0) is 19.3 Å². The summed E-state index contributed by atoms with van der Waals surface area (Å²) in [4.78, 5) is 0.200. The average Bonchev–Trinajstić information content (AvgIpc) is 2.76. The van der Waals surface area contributed by atoms with Crippen molar-refractivity contribution in [2.75, 3.05) is 13.7 Å². The van der Waals surface area contributed by atoms with Gasteiger partial charge in [0, 0.05) is 17.5 Å². The van der Waals surface area contributed by atoms with Gasteiger partial charge in [0.05, 0.1) is 17.6 Å². The number of halogens is 1. The zero-order valence-electron chi connectivity index (χ0n) is 11.2. The van der Waals surface area contributed by atoms with E-state index in [4.69, 9.17) is 9.47 Å². The van der Waals surface area contributed by atoms with Crippen molar-refractivity contribution in [3.8, 4) is 0 Å². The maximum atomic E-state index is 12.6. The Morgan fingerprint density at radius 1 is 1.35 bits per heavy atom. The summed E-state index contributed by atoms with van der Waals surface area (Å²) < 4.78 is 36.8. The highest BCUT2D eigenvalue weighted by Gasteiger charge is 2.48. The molecule has 112 valence electrons. The molecule has 0 aromatic heterocycles. The van der Waals surface area contributed by atoms with Gasteiger partial charge < -0.3 is 14.6 Å². The van der Waals surface area contributed by atoms with Gasteiger partial charge in [0.2, 0.25) is 9.84 Å². The first-order valence-electron chi connectivity index (χ1n) is 6.20. The van der Waals surface area contributed by atoms with Crippen LogP contribution >= 0.6 is 15.9 Å². The van der Waals surface area contributed by atoms with Gasteiger partial charge in [-0.1, -0.05) is 22.9 Å². The van der Waals surface area contributed by atoms with Gasteiger partial charge in [-0.15, -0.1) is 0 Å². The Morgan fingerprint density at radius 2 is 1.95 bits per heavy atom. The number of hydrogen-bond donors (Lipinski definition) is 1. The summed E-state index contributed by atoms with van der Waals surface area (Å²) >= 11 is 3.27. The zero-order valence-corrected chi connectivity index (χ0v) is 13.6. The van der Waals surface area contributed by atoms with E-state index in [1.54, 1.807) is 19.1 Å². The van der Waals surface area contributed by atoms with Crippen molar-refractivity contribution < 1.29 is 23.0 Å². The normalized spacial score (nSPS) is 30.6. The molecule has 2 rings (SSSR count). The van der Waals surface area contributed by atoms with E-state index in [1.165, 1.54) is 19.2 Å². The summed E-state index contributed by atoms with van der Waals surface area (Å²) in [7, 11) is -2.14. The molecule has 1 fully saturated rings. The molecule has 1 saturated heterocycles. The van der Waals surface area contributed by atoms with E-state index in [-0.39, 0.29) is 17.4 Å². The molecule has 5 nitrogen and oxygen atoms in total. The molecule has 0 radical (unpaired) electrons. The third kappa shape index (κ3) is 2.78. The van der Waals surface area contributed by atoms with E-state index < -0.39 is 27.5 Å². The fraction of sp³-hybridized carbons (Fsp3) is 0.538. The molecule has 20 heavy (non-hydrogen) atoms. The molecular weight excluding hydrogens is 348 g/mol. The predicted molar refractivity (Wildman–Crippen MR) is 77.0 cm³/mol. The Labute approximate surface area is 126 Å². The van der Waals surface area contributed by atoms with Crippen LogP contribution in [0.3, 0.4) is 0 Å². The van der Waals surface area contributed by atoms with Gasteiger partial charge in [0.15, 0.2) is 5.44 Å². The average molecular weight is 365 g/mol. The first-order valence-corrected chi connectivity index (χ1v) is 8.54. The Balaban J connectivity index is 2.33. The lowest BCUT2D eigenvalue weighted by atomic mass is 10.0. The molecule has 0 spiro atoms. The van der Waals surface area contributed by atoms with Crippen LogP contribution in [-0.4, -0.2) is 44.9 Å². The highest BCUT2D eigenvalue weighted by Crippen LogP contribution is 2.35. The lowest BCUT2D eigenvalue weighted by Gasteiger charge is -2.18. The van der Waals surface area contributed by atoms with E-state index in [0.717, 1.165) is 4.47 Å². The van der Waals surface area contributed by atoms with Gasteiger partial charge in [-0.3, -0.25) is 0 Å². The summed E-state index contributed by atoms with van der Waals surface area (Å²) in [6.45, 7) is 1.49. The number of benzene rings is 1. The largest absolute Gasteiger partial charge is 0.394 e. The maximum absolute atomic E-state index is 12.6. The molecular formula is C13H17BrO5S. The van der Waals surface area contributed by atoms with Crippen LogP contribution in [0, 0.1) is 5.92 Å². The molecule has 1 aromatic rings. The van der Waals surface area contributed by atoms with Crippen molar-refractivity contribution in [3.05, 3.63) is 28.7 Å². The first kappa shape index (κ1) is 15.9. The molecule has 0 bridgehead atoms. The van der Waals surface area contributed by atoms with E-state index in [9.17, 15) is 13.5 Å². The van der Waals surface area contributed by atoms with Crippen LogP contribution in [0.1, 0.15) is 6.92 Å². The van der Waals surface area contributed by atoms with Gasteiger partial charge in [0.1, 0.15) is 6.10 Å². The SMILES string of the molecule is COC1[C@@H](CO)O[C@@H](S(=O)(=O)c2ccc(Br)cc2)[C@H]1C. The predicted octanol–water partition coefficient (Wildman–Crippen LogP) is 1.59. The first-order chi connectivity index (χ1) is 9.41. The van der Waals surface area contributed by atoms with E-state index in [2.05, 4.69) is 15.9 Å². The van der Waals surface area contributed by atoms with Crippen molar-refractivity contribution in [1.29, 1.82) is 0 Å². The molecule has 4 atom stereocenters. The van der Waals surface area contributed by atoms with Crippen LogP contribution in [0.15, 0.2) is 33.6 Å². The third-order valence-electron chi connectivity index (χ3n) is 3.52. The minimum Gasteiger partial charge on any atom is -0.394 e. The minimum absolute atomic E-state index is 0.200. The number of sulfone groups is 1. The quantitative estimate of drug-likeness (QED) is 0.878. The van der Waals surface area contributed by atoms with Crippen LogP contribution in [0.2, 0.25) is 0 Å². The number of aliphatic hydroxyl groups excluding tert-OH is 1. The van der Waals surface area contributed by atoms with Crippen molar-refractivity contribution in [1.82, 2.24) is 0 Å². The lowest BCUT2D eigenvalue weighted by molar-refractivity contribution is -0.0229. The maximum Gasteiger partial charge on any atom is 0.205 e. The summed E-state index contributed by atoms with van der Waals surface area (Å²) in [5, 5.41) is 9.27. The minimum atomic E-state index is -3.62. The Morgan fingerprint density at radius 3 is 2.40 bits per heavy atom. The standard InChI is InChI=1S/C13H17BrO5S/c1-8-12(18-2)11(7-15)19-13(8)20(16,17)10-5-3-9(14)4-6-10/h3-6,8,11-13,15H,7H2,1-2H3/t8-,11+,12?,13-/m0/s1. The fourth-order valence-corrected chi connectivity index (χ4v) is 4.55. The Bertz CT molecular complexity index is 557. The summed E-state index contributed by atoms with van der Waals surface area (Å²) in [6, 6.07) is 6.40. The topological polar surface area (TPSA) is 72.8 Å². The third-order valence-corrected chi connectivity index (χ3v) is 6.13. The van der Waals surface area contributed by atoms with Gasteiger partial charge in [-0.05, 0) is 24.3 Å². The summed E-state index contributed by atoms with van der Waals surface area (Å²) in [5.74, 6) is -0.356. The Kier molecular flexibility index (Phi) is 4.86. The highest BCUT2D eigenvalue weighted by molar-refractivity contribution is 9.10. The lowest BCUT2D eigenvalue weighted by Crippen LogP contribution is -2.31. The van der Waals surface area contributed by atoms with Crippen LogP contribution < -0.4 is 0 Å². The summed E-state index contributed by atoms with van der Waals surface area (Å²) in [6.07, 6.45) is -1.06. The van der Waals surface area contributed by atoms with Gasteiger partial charge in [-0.2, -0.15) is 0 Å². The van der Waals surface area contributed by atoms with Crippen LogP contribution in [0.4, 0.5) is 0 Å². The second-order valence-corrected chi connectivity index (χ2v) is 7.73. The molecule has 1 aromatic carbocycles. The molecule has 0 aliphatic carbocycles. The zero-order chi connectivity index (χ0) is 14.9. The number of ether oxygens (including phenoxy) is 2. The number of hydrogen-bond acceptors (Lipinski definition) is 5. The van der Waals surface area contributed by atoms with E-state index >= 15 is 0 Å². The number of rotatable bonds is 4. The van der Waals surface area contributed by atoms with Crippen molar-refractivity contribution >= 4 is 25.8 Å². The van der Waals surface area contributed by atoms with E-state index in [1.807, 2.05) is 0 Å². The van der Waals surface area contributed by atoms with Gasteiger partial charge in [0.25, 0.3) is 0 Å². The molecule has 1 aliphatic heterocycles. The molecule has 0 amide bonds. The van der Waals surface area contributed by atoms with E-state index in [0.29, 0.717) is 0 Å². The van der Waals surface area contributed by atoms with Crippen molar-refractivity contribution in [2.45, 2.75) is 29.5 Å². The smallest absolute Gasteiger partial charge is 0.205 e. The monoisotopic (exact) mass is 364 g/mol. The molecule has 1 unspecified atom stereocenters. The number of aliphatic hydroxyl groups is 1. The van der Waals surface area contributed by atoms with Crippen molar-refractivity contribution in [2.24, 2.45) is 5.92 Å². The van der Waals surface area contributed by atoms with Crippen LogP contribution in [0.5, 0.6) is 0 Å².